The largest absolute Gasteiger partial charge is 0.488 e. The molecule has 3 heteroatoms. The summed E-state index contributed by atoms with van der Waals surface area (Å²) in [5.41, 5.74) is 2.76. The highest BCUT2D eigenvalue weighted by Gasteiger charge is 2.20. The minimum Gasteiger partial charge on any atom is -0.488 e. The molecule has 0 amide bonds. The summed E-state index contributed by atoms with van der Waals surface area (Å²) in [5, 5.41) is 3.84. The summed E-state index contributed by atoms with van der Waals surface area (Å²) in [4.78, 5) is 0. The number of halogens is 1. The number of benzene rings is 1. The second-order valence-corrected chi connectivity index (χ2v) is 4.58. The molecule has 1 unspecified atom stereocenters. The Morgan fingerprint density at radius 1 is 1.62 bits per heavy atom. The van der Waals surface area contributed by atoms with Gasteiger partial charge in [-0.2, -0.15) is 0 Å². The molecule has 0 saturated carbocycles. The van der Waals surface area contributed by atoms with Crippen LogP contribution in [0.3, 0.4) is 0 Å². The molecular formula is C13H16ClNO. The van der Waals surface area contributed by atoms with E-state index in [0.717, 1.165) is 18.6 Å². The summed E-state index contributed by atoms with van der Waals surface area (Å²) in [6.07, 6.45) is 2.28. The molecule has 2 nitrogen and oxygen atoms in total. The number of ether oxygens (including phenoxy) is 1. The zero-order valence-corrected chi connectivity index (χ0v) is 10.2. The Morgan fingerprint density at radius 3 is 3.12 bits per heavy atom. The first-order valence-corrected chi connectivity index (χ1v) is 5.84. The third-order valence-electron chi connectivity index (χ3n) is 2.94. The van der Waals surface area contributed by atoms with Crippen molar-refractivity contribution in [2.75, 3.05) is 13.7 Å². The Balaban J connectivity index is 2.12. The fourth-order valence-corrected chi connectivity index (χ4v) is 2.20. The molecule has 0 aromatic heterocycles. The van der Waals surface area contributed by atoms with Gasteiger partial charge in [0.25, 0.3) is 0 Å². The first-order chi connectivity index (χ1) is 7.70. The maximum absolute atomic E-state index is 5.66. The van der Waals surface area contributed by atoms with E-state index in [9.17, 15) is 0 Å². The van der Waals surface area contributed by atoms with Crippen LogP contribution < -0.4 is 10.1 Å². The smallest absolute Gasteiger partial charge is 0.123 e. The SMILES string of the molecule is C=C(Cl)COc1ccc2c(c1)CCC2NC. The van der Waals surface area contributed by atoms with E-state index in [4.69, 9.17) is 16.3 Å². The molecule has 16 heavy (non-hydrogen) atoms. The maximum atomic E-state index is 5.66. The molecule has 1 atom stereocenters. The molecular weight excluding hydrogens is 222 g/mol. The monoisotopic (exact) mass is 237 g/mol. The lowest BCUT2D eigenvalue weighted by molar-refractivity contribution is 0.359. The van der Waals surface area contributed by atoms with Gasteiger partial charge in [0.1, 0.15) is 12.4 Å². The van der Waals surface area contributed by atoms with E-state index in [-0.39, 0.29) is 0 Å². The van der Waals surface area contributed by atoms with Gasteiger partial charge in [0.2, 0.25) is 0 Å². The van der Waals surface area contributed by atoms with Crippen molar-refractivity contribution in [1.29, 1.82) is 0 Å². The van der Waals surface area contributed by atoms with Crippen molar-refractivity contribution in [2.45, 2.75) is 18.9 Å². The zero-order chi connectivity index (χ0) is 11.5. The van der Waals surface area contributed by atoms with Gasteiger partial charge in [-0.1, -0.05) is 24.2 Å². The molecule has 1 aliphatic rings. The highest BCUT2D eigenvalue weighted by atomic mass is 35.5. The topological polar surface area (TPSA) is 21.3 Å². The molecule has 86 valence electrons. The molecule has 0 radical (unpaired) electrons. The normalized spacial score (nSPS) is 18.2. The van der Waals surface area contributed by atoms with E-state index in [0.29, 0.717) is 17.7 Å². The molecule has 0 fully saturated rings. The van der Waals surface area contributed by atoms with Crippen LogP contribution in [0.4, 0.5) is 0 Å². The van der Waals surface area contributed by atoms with Gasteiger partial charge in [-0.25, -0.2) is 0 Å². The highest BCUT2D eigenvalue weighted by Crippen LogP contribution is 2.33. The molecule has 0 spiro atoms. The van der Waals surface area contributed by atoms with Crippen LogP contribution in [-0.4, -0.2) is 13.7 Å². The molecule has 1 aromatic rings. The molecule has 1 N–H and O–H groups in total. The van der Waals surface area contributed by atoms with Gasteiger partial charge >= 0.3 is 0 Å². The van der Waals surface area contributed by atoms with Crippen molar-refractivity contribution in [1.82, 2.24) is 5.32 Å². The summed E-state index contributed by atoms with van der Waals surface area (Å²) in [7, 11) is 2.00. The summed E-state index contributed by atoms with van der Waals surface area (Å²) >= 11 is 5.66. The quantitative estimate of drug-likeness (QED) is 0.869. The van der Waals surface area contributed by atoms with Gasteiger partial charge in [-0.3, -0.25) is 0 Å². The third-order valence-corrected chi connectivity index (χ3v) is 3.05. The van der Waals surface area contributed by atoms with E-state index in [1.807, 2.05) is 13.1 Å². The van der Waals surface area contributed by atoms with E-state index < -0.39 is 0 Å². The lowest BCUT2D eigenvalue weighted by atomic mass is 10.1. The van der Waals surface area contributed by atoms with Gasteiger partial charge in [0, 0.05) is 11.1 Å². The Labute approximate surface area is 101 Å². The summed E-state index contributed by atoms with van der Waals surface area (Å²) < 4.78 is 5.51. The molecule has 0 saturated heterocycles. The van der Waals surface area contributed by atoms with Crippen LogP contribution in [0.5, 0.6) is 5.75 Å². The van der Waals surface area contributed by atoms with Crippen molar-refractivity contribution < 1.29 is 4.74 Å². The van der Waals surface area contributed by atoms with Crippen LogP contribution in [0.1, 0.15) is 23.6 Å². The minimum absolute atomic E-state index is 0.371. The van der Waals surface area contributed by atoms with E-state index >= 15 is 0 Å². The zero-order valence-electron chi connectivity index (χ0n) is 9.42. The number of rotatable bonds is 4. The third kappa shape index (κ3) is 2.39. The average molecular weight is 238 g/mol. The van der Waals surface area contributed by atoms with Gasteiger partial charge < -0.3 is 10.1 Å². The Bertz CT molecular complexity index is 403. The maximum Gasteiger partial charge on any atom is 0.123 e. The Kier molecular flexibility index (Phi) is 3.52. The van der Waals surface area contributed by atoms with Crippen molar-refractivity contribution in [3.05, 3.63) is 40.9 Å². The van der Waals surface area contributed by atoms with E-state index in [1.54, 1.807) is 0 Å². The number of aryl methyl sites for hydroxylation is 1. The fourth-order valence-electron chi connectivity index (χ4n) is 2.15. The van der Waals surface area contributed by atoms with Crippen molar-refractivity contribution >= 4 is 11.6 Å². The lowest BCUT2D eigenvalue weighted by Crippen LogP contribution is -2.12. The summed E-state index contributed by atoms with van der Waals surface area (Å²) in [6.45, 7) is 3.97. The van der Waals surface area contributed by atoms with Crippen molar-refractivity contribution in [3.63, 3.8) is 0 Å². The minimum atomic E-state index is 0.371. The summed E-state index contributed by atoms with van der Waals surface area (Å²) in [6, 6.07) is 6.73. The number of fused-ring (bicyclic) bond motifs is 1. The molecule has 0 aliphatic heterocycles. The standard InChI is InChI=1S/C13H16ClNO/c1-9(14)8-16-11-4-5-12-10(7-11)3-6-13(12)15-2/h4-5,7,13,15H,1,3,6,8H2,2H3. The molecule has 0 heterocycles. The molecule has 2 rings (SSSR count). The van der Waals surface area contributed by atoms with E-state index in [2.05, 4.69) is 24.0 Å². The number of hydrogen-bond acceptors (Lipinski definition) is 2. The predicted octanol–water partition coefficient (Wildman–Crippen LogP) is 3.02. The second-order valence-electron chi connectivity index (χ2n) is 4.05. The fraction of sp³-hybridized carbons (Fsp3) is 0.385. The van der Waals surface area contributed by atoms with Gasteiger partial charge in [0.05, 0.1) is 0 Å². The average Bonchev–Trinajstić information content (AvgIpc) is 2.68. The molecule has 0 bridgehead atoms. The van der Waals surface area contributed by atoms with Gasteiger partial charge in [-0.15, -0.1) is 0 Å². The van der Waals surface area contributed by atoms with Gasteiger partial charge in [0.15, 0.2) is 0 Å². The molecule has 1 aliphatic carbocycles. The van der Waals surface area contributed by atoms with E-state index in [1.165, 1.54) is 11.1 Å². The second kappa shape index (κ2) is 4.89. The van der Waals surface area contributed by atoms with Crippen molar-refractivity contribution in [3.8, 4) is 5.75 Å². The van der Waals surface area contributed by atoms with Crippen LogP contribution >= 0.6 is 11.6 Å². The van der Waals surface area contributed by atoms with Crippen molar-refractivity contribution in [2.24, 2.45) is 0 Å². The Hall–Kier alpha value is -0.990. The number of nitrogens with one attached hydrogen (secondary N) is 1. The predicted molar refractivity (Wildman–Crippen MR) is 67.1 cm³/mol. The first kappa shape index (κ1) is 11.5. The van der Waals surface area contributed by atoms with Crippen LogP contribution in [-0.2, 0) is 6.42 Å². The first-order valence-electron chi connectivity index (χ1n) is 5.47. The van der Waals surface area contributed by atoms with Crippen LogP contribution in [0, 0.1) is 0 Å². The molecule has 1 aromatic carbocycles. The van der Waals surface area contributed by atoms with Crippen LogP contribution in [0.2, 0.25) is 0 Å². The Morgan fingerprint density at radius 2 is 2.44 bits per heavy atom. The van der Waals surface area contributed by atoms with Gasteiger partial charge in [-0.05, 0) is 43.1 Å². The lowest BCUT2D eigenvalue weighted by Gasteiger charge is -2.11. The van der Waals surface area contributed by atoms with Crippen LogP contribution in [0.15, 0.2) is 29.8 Å². The van der Waals surface area contributed by atoms with Crippen LogP contribution in [0.25, 0.3) is 0 Å². The summed E-state index contributed by atoms with van der Waals surface area (Å²) in [5.74, 6) is 0.873. The number of hydrogen-bond donors (Lipinski definition) is 1. The highest BCUT2D eigenvalue weighted by molar-refractivity contribution is 6.29.